The van der Waals surface area contributed by atoms with E-state index < -0.39 is 30.1 Å². The molecule has 0 saturated carbocycles. The molecule has 40 heavy (non-hydrogen) atoms. The van der Waals surface area contributed by atoms with Crippen LogP contribution in [0.5, 0.6) is 0 Å². The van der Waals surface area contributed by atoms with Crippen molar-refractivity contribution in [1.29, 1.82) is 0 Å². The third-order valence-corrected chi connectivity index (χ3v) is 6.73. The van der Waals surface area contributed by atoms with Gasteiger partial charge in [0.05, 0.1) is 0 Å². The Morgan fingerprint density at radius 3 is 1.57 bits per heavy atom. The predicted octanol–water partition coefficient (Wildman–Crippen LogP) is 3.24. The lowest BCUT2D eigenvalue weighted by molar-refractivity contribution is -0.152. The molecule has 10 heteroatoms. The Morgan fingerprint density at radius 1 is 0.725 bits per heavy atom. The molecule has 0 radical (unpaired) electrons. The van der Waals surface area contributed by atoms with Crippen LogP contribution in [-0.2, 0) is 24.0 Å². The Kier molecular flexibility index (Phi) is 19.2. The zero-order valence-corrected chi connectivity index (χ0v) is 27.8. The van der Waals surface area contributed by atoms with Crippen LogP contribution in [0, 0.1) is 17.8 Å². The summed E-state index contributed by atoms with van der Waals surface area (Å²) in [6, 6.07) is -3.02. The fraction of sp³-hybridized carbons (Fsp3) is 0.833. The standard InChI is InChI=1S/C28H53N5O5.C2H6/c1-13-14-21(26(36)30(8)9)29-25(35)22(15-18(2)3)32(11)28(38)24(20(6)7)33(12)27(37)23(16-19(4)5)31(10)17-34;1-2/h17-24H,13-16H2,1-12H3,(H,29,35);1-2H3. The van der Waals surface area contributed by atoms with E-state index in [0.29, 0.717) is 32.1 Å². The number of carbonyl (C=O) groups is 5. The summed E-state index contributed by atoms with van der Waals surface area (Å²) in [7, 11) is 8.01. The van der Waals surface area contributed by atoms with Crippen molar-refractivity contribution in [3.8, 4) is 0 Å². The first kappa shape index (κ1) is 39.5. The van der Waals surface area contributed by atoms with Gasteiger partial charge in [-0.2, -0.15) is 0 Å². The second-order valence-electron chi connectivity index (χ2n) is 11.7. The highest BCUT2D eigenvalue weighted by Crippen LogP contribution is 2.21. The third kappa shape index (κ3) is 12.3. The molecule has 0 aromatic rings. The number of carbonyl (C=O) groups excluding carboxylic acids is 5. The van der Waals surface area contributed by atoms with E-state index in [0.717, 1.165) is 0 Å². The summed E-state index contributed by atoms with van der Waals surface area (Å²) in [5.74, 6) is -1.25. The first-order valence-corrected chi connectivity index (χ1v) is 14.7. The second kappa shape index (κ2) is 19.4. The summed E-state index contributed by atoms with van der Waals surface area (Å²) in [5.41, 5.74) is 0. The highest BCUT2D eigenvalue weighted by Gasteiger charge is 2.39. The molecule has 0 bridgehead atoms. The fourth-order valence-electron chi connectivity index (χ4n) is 4.61. The van der Waals surface area contributed by atoms with E-state index in [9.17, 15) is 24.0 Å². The van der Waals surface area contributed by atoms with Crippen molar-refractivity contribution in [2.24, 2.45) is 17.8 Å². The summed E-state index contributed by atoms with van der Waals surface area (Å²) >= 11 is 0. The average Bonchev–Trinajstić information content (AvgIpc) is 2.88. The number of nitrogens with zero attached hydrogens (tertiary/aromatic N) is 4. The lowest BCUT2D eigenvalue weighted by Crippen LogP contribution is -2.60. The Labute approximate surface area is 244 Å². The van der Waals surface area contributed by atoms with Crippen LogP contribution in [0.15, 0.2) is 0 Å². The van der Waals surface area contributed by atoms with Gasteiger partial charge in [0.15, 0.2) is 0 Å². The van der Waals surface area contributed by atoms with Crippen LogP contribution in [0.3, 0.4) is 0 Å². The van der Waals surface area contributed by atoms with Crippen LogP contribution in [0.25, 0.3) is 0 Å². The number of likely N-dealkylation sites (N-methyl/N-ethyl adjacent to an activating group) is 4. The summed E-state index contributed by atoms with van der Waals surface area (Å²) in [5, 5.41) is 2.87. The SMILES string of the molecule is CC.CCCC(NC(=O)C(CC(C)C)N(C)C(=O)C(C(C)C)N(C)C(=O)C(CC(C)C)N(C)C=O)C(=O)N(C)C. The molecule has 0 heterocycles. The quantitative estimate of drug-likeness (QED) is 0.287. The summed E-state index contributed by atoms with van der Waals surface area (Å²) < 4.78 is 0. The monoisotopic (exact) mass is 569 g/mol. The van der Waals surface area contributed by atoms with E-state index in [-0.39, 0.29) is 35.5 Å². The number of hydrogen-bond acceptors (Lipinski definition) is 5. The van der Waals surface area contributed by atoms with Crippen LogP contribution < -0.4 is 5.32 Å². The van der Waals surface area contributed by atoms with Gasteiger partial charge in [-0.3, -0.25) is 24.0 Å². The lowest BCUT2D eigenvalue weighted by atomic mass is 9.95. The average molecular weight is 570 g/mol. The van der Waals surface area contributed by atoms with Crippen molar-refractivity contribution in [3.63, 3.8) is 0 Å². The number of rotatable bonds is 16. The van der Waals surface area contributed by atoms with E-state index in [1.807, 2.05) is 62.3 Å². The van der Waals surface area contributed by atoms with Crippen LogP contribution in [0.4, 0.5) is 0 Å². The van der Waals surface area contributed by atoms with E-state index >= 15 is 0 Å². The van der Waals surface area contributed by atoms with Crippen molar-refractivity contribution in [1.82, 2.24) is 24.9 Å². The summed E-state index contributed by atoms with van der Waals surface area (Å²) in [6.07, 6.45) is 2.69. The topological polar surface area (TPSA) is 110 Å². The van der Waals surface area contributed by atoms with Gasteiger partial charge >= 0.3 is 0 Å². The van der Waals surface area contributed by atoms with Gasteiger partial charge in [0.25, 0.3) is 0 Å². The van der Waals surface area contributed by atoms with Crippen LogP contribution in [0.2, 0.25) is 0 Å². The predicted molar refractivity (Wildman–Crippen MR) is 161 cm³/mol. The molecule has 5 amide bonds. The minimum atomic E-state index is -0.834. The van der Waals surface area contributed by atoms with Gasteiger partial charge in [-0.25, -0.2) is 0 Å². The molecule has 0 aromatic heterocycles. The van der Waals surface area contributed by atoms with Crippen molar-refractivity contribution < 1.29 is 24.0 Å². The molecular weight excluding hydrogens is 510 g/mol. The smallest absolute Gasteiger partial charge is 0.246 e. The number of hydrogen-bond donors (Lipinski definition) is 1. The highest BCUT2D eigenvalue weighted by atomic mass is 16.2. The molecule has 0 aliphatic carbocycles. The van der Waals surface area contributed by atoms with Gasteiger partial charge in [-0.05, 0) is 37.0 Å². The lowest BCUT2D eigenvalue weighted by Gasteiger charge is -2.39. The Hall–Kier alpha value is -2.65. The van der Waals surface area contributed by atoms with Gasteiger partial charge in [0, 0.05) is 35.2 Å². The molecule has 0 aliphatic heterocycles. The Balaban J connectivity index is 0. The summed E-state index contributed by atoms with van der Waals surface area (Å²) in [6.45, 7) is 17.5. The zero-order chi connectivity index (χ0) is 31.9. The molecule has 10 nitrogen and oxygen atoms in total. The molecule has 0 rings (SSSR count). The fourth-order valence-corrected chi connectivity index (χ4v) is 4.61. The van der Waals surface area contributed by atoms with Gasteiger partial charge in [0.2, 0.25) is 30.0 Å². The zero-order valence-electron chi connectivity index (χ0n) is 27.8. The van der Waals surface area contributed by atoms with Crippen molar-refractivity contribution in [2.45, 2.75) is 112 Å². The molecule has 0 fully saturated rings. The Bertz CT molecular complexity index is 799. The summed E-state index contributed by atoms with van der Waals surface area (Å²) in [4.78, 5) is 70.7. The number of amides is 5. The molecule has 1 N–H and O–H groups in total. The normalized spacial score (nSPS) is 13.9. The molecule has 4 atom stereocenters. The maximum Gasteiger partial charge on any atom is 0.246 e. The van der Waals surface area contributed by atoms with Crippen LogP contribution >= 0.6 is 0 Å². The minimum absolute atomic E-state index is 0.101. The van der Waals surface area contributed by atoms with Gasteiger partial charge in [-0.1, -0.05) is 68.7 Å². The number of nitrogens with one attached hydrogen (secondary N) is 1. The Morgan fingerprint density at radius 2 is 1.20 bits per heavy atom. The van der Waals surface area contributed by atoms with E-state index in [4.69, 9.17) is 0 Å². The first-order chi connectivity index (χ1) is 18.5. The molecule has 0 aromatic carbocycles. The van der Waals surface area contributed by atoms with Crippen LogP contribution in [0.1, 0.15) is 88.0 Å². The molecule has 0 saturated heterocycles. The van der Waals surface area contributed by atoms with Gasteiger partial charge in [0.1, 0.15) is 24.2 Å². The minimum Gasteiger partial charge on any atom is -0.347 e. The molecule has 234 valence electrons. The second-order valence-corrected chi connectivity index (χ2v) is 11.7. The largest absolute Gasteiger partial charge is 0.347 e. The maximum atomic E-state index is 13.9. The van der Waals surface area contributed by atoms with Crippen LogP contribution in [-0.4, -0.2) is 109 Å². The van der Waals surface area contributed by atoms with Gasteiger partial charge < -0.3 is 24.9 Å². The highest BCUT2D eigenvalue weighted by molar-refractivity contribution is 5.95. The van der Waals surface area contributed by atoms with E-state index in [1.165, 1.54) is 19.6 Å². The molecule has 4 unspecified atom stereocenters. The molecular formula is C30H59N5O5. The van der Waals surface area contributed by atoms with Crippen molar-refractivity contribution in [2.75, 3.05) is 35.2 Å². The molecule has 0 aliphatic rings. The van der Waals surface area contributed by atoms with Crippen molar-refractivity contribution >= 4 is 30.0 Å². The van der Waals surface area contributed by atoms with E-state index in [2.05, 4.69) is 5.32 Å². The van der Waals surface area contributed by atoms with Gasteiger partial charge in [-0.15, -0.1) is 0 Å². The molecule has 0 spiro atoms. The van der Waals surface area contributed by atoms with E-state index in [1.54, 1.807) is 35.2 Å². The third-order valence-electron chi connectivity index (χ3n) is 6.73. The van der Waals surface area contributed by atoms with Crippen molar-refractivity contribution in [3.05, 3.63) is 0 Å². The maximum absolute atomic E-state index is 13.9. The first-order valence-electron chi connectivity index (χ1n) is 14.7.